The first-order chi connectivity index (χ1) is 11.1. The molecule has 0 radical (unpaired) electrons. The largest absolute Gasteiger partial charge is 0.378 e. The van der Waals surface area contributed by atoms with Crippen LogP contribution in [-0.2, 0) is 9.53 Å². The fourth-order valence-corrected chi connectivity index (χ4v) is 3.09. The molecule has 2 N–H and O–H groups in total. The summed E-state index contributed by atoms with van der Waals surface area (Å²) in [6.07, 6.45) is 9.90. The minimum Gasteiger partial charge on any atom is -0.378 e. The summed E-state index contributed by atoms with van der Waals surface area (Å²) >= 11 is 0. The summed E-state index contributed by atoms with van der Waals surface area (Å²) in [5, 5.41) is 6.85. The van der Waals surface area contributed by atoms with E-state index in [1.165, 1.54) is 38.5 Å². The third kappa shape index (κ3) is 8.00. The standard InChI is InChI=1S/C17H32N4O2.HI/c1-21(2)16(22)13-19-17(20-14-7-3-4-8-14)18-11-10-15-9-5-6-12-23-15;/h14-15H,3-13H2,1-2H3,(H2,18,19,20);1H. The predicted molar refractivity (Wildman–Crippen MR) is 108 cm³/mol. The normalized spacial score (nSPS) is 21.9. The van der Waals surface area contributed by atoms with E-state index in [1.54, 1.807) is 19.0 Å². The molecule has 0 aromatic heterocycles. The number of hydrogen-bond donors (Lipinski definition) is 2. The first-order valence-electron chi connectivity index (χ1n) is 9.02. The number of nitrogens with zero attached hydrogens (tertiary/aromatic N) is 2. The van der Waals surface area contributed by atoms with Gasteiger partial charge in [-0.15, -0.1) is 24.0 Å². The molecule has 1 atom stereocenters. The van der Waals surface area contributed by atoms with Gasteiger partial charge >= 0.3 is 0 Å². The zero-order valence-electron chi connectivity index (χ0n) is 15.1. The van der Waals surface area contributed by atoms with Crippen molar-refractivity contribution in [3.63, 3.8) is 0 Å². The Balaban J connectivity index is 0.00000288. The van der Waals surface area contributed by atoms with Gasteiger partial charge in [0.1, 0.15) is 6.54 Å². The summed E-state index contributed by atoms with van der Waals surface area (Å²) in [4.78, 5) is 17.8. The number of carbonyl (C=O) groups is 1. The van der Waals surface area contributed by atoms with E-state index in [0.29, 0.717) is 12.1 Å². The van der Waals surface area contributed by atoms with Crippen LogP contribution in [0.25, 0.3) is 0 Å². The van der Waals surface area contributed by atoms with Crippen LogP contribution in [0.15, 0.2) is 4.99 Å². The van der Waals surface area contributed by atoms with E-state index in [1.807, 2.05) is 0 Å². The molecule has 2 fully saturated rings. The van der Waals surface area contributed by atoms with Gasteiger partial charge in [0.25, 0.3) is 0 Å². The Labute approximate surface area is 163 Å². The topological polar surface area (TPSA) is 66.0 Å². The van der Waals surface area contributed by atoms with Gasteiger partial charge in [0.15, 0.2) is 5.96 Å². The van der Waals surface area contributed by atoms with Crippen molar-refractivity contribution >= 4 is 35.8 Å². The number of likely N-dealkylation sites (N-methyl/N-ethyl adjacent to an activating group) is 1. The van der Waals surface area contributed by atoms with Crippen molar-refractivity contribution < 1.29 is 9.53 Å². The minimum atomic E-state index is 0. The van der Waals surface area contributed by atoms with Gasteiger partial charge in [-0.25, -0.2) is 4.99 Å². The fraction of sp³-hybridized carbons (Fsp3) is 0.882. The maximum Gasteiger partial charge on any atom is 0.243 e. The second-order valence-electron chi connectivity index (χ2n) is 6.78. The van der Waals surface area contributed by atoms with Gasteiger partial charge in [-0.2, -0.15) is 0 Å². The van der Waals surface area contributed by atoms with Gasteiger partial charge < -0.3 is 20.3 Å². The smallest absolute Gasteiger partial charge is 0.243 e. The van der Waals surface area contributed by atoms with Gasteiger partial charge in [-0.05, 0) is 38.5 Å². The molecule has 1 amide bonds. The lowest BCUT2D eigenvalue weighted by molar-refractivity contribution is -0.127. The number of guanidine groups is 1. The zero-order chi connectivity index (χ0) is 16.5. The molecule has 0 aromatic carbocycles. The molecule has 0 spiro atoms. The second kappa shape index (κ2) is 11.9. The van der Waals surface area contributed by atoms with E-state index in [4.69, 9.17) is 4.74 Å². The fourth-order valence-electron chi connectivity index (χ4n) is 3.09. The van der Waals surface area contributed by atoms with Crippen molar-refractivity contribution in [3.05, 3.63) is 0 Å². The van der Waals surface area contributed by atoms with Gasteiger partial charge in [-0.1, -0.05) is 12.8 Å². The van der Waals surface area contributed by atoms with Crippen LogP contribution in [-0.4, -0.2) is 62.7 Å². The highest BCUT2D eigenvalue weighted by molar-refractivity contribution is 14.0. The maximum absolute atomic E-state index is 11.7. The van der Waals surface area contributed by atoms with Crippen LogP contribution in [0.2, 0.25) is 0 Å². The summed E-state index contributed by atoms with van der Waals surface area (Å²) in [5.41, 5.74) is 0. The molecular formula is C17H33IN4O2. The van der Waals surface area contributed by atoms with Crippen LogP contribution >= 0.6 is 24.0 Å². The van der Waals surface area contributed by atoms with E-state index >= 15 is 0 Å². The number of halogens is 1. The van der Waals surface area contributed by atoms with Crippen molar-refractivity contribution in [2.45, 2.75) is 63.5 Å². The molecule has 2 aliphatic rings. The lowest BCUT2D eigenvalue weighted by atomic mass is 10.1. The molecule has 1 heterocycles. The number of nitrogens with one attached hydrogen (secondary N) is 2. The van der Waals surface area contributed by atoms with E-state index in [0.717, 1.165) is 32.0 Å². The van der Waals surface area contributed by atoms with E-state index in [-0.39, 0.29) is 36.4 Å². The SMILES string of the molecule is CN(C)C(=O)CN=C(NCCC1CCCCO1)NC1CCCC1.I. The lowest BCUT2D eigenvalue weighted by Crippen LogP contribution is -2.44. The van der Waals surface area contributed by atoms with E-state index in [9.17, 15) is 4.79 Å². The number of hydrogen-bond acceptors (Lipinski definition) is 3. The molecular weight excluding hydrogens is 419 g/mol. The number of carbonyl (C=O) groups excluding carboxylic acids is 1. The summed E-state index contributed by atoms with van der Waals surface area (Å²) in [5.74, 6) is 0.788. The van der Waals surface area contributed by atoms with Crippen LogP contribution < -0.4 is 10.6 Å². The van der Waals surface area contributed by atoms with Gasteiger partial charge in [0.05, 0.1) is 6.10 Å². The van der Waals surface area contributed by atoms with Crippen LogP contribution in [0.5, 0.6) is 0 Å². The monoisotopic (exact) mass is 452 g/mol. The van der Waals surface area contributed by atoms with E-state index in [2.05, 4.69) is 15.6 Å². The van der Waals surface area contributed by atoms with Crippen molar-refractivity contribution in [2.75, 3.05) is 33.8 Å². The van der Waals surface area contributed by atoms with Gasteiger partial charge in [-0.3, -0.25) is 4.79 Å². The number of rotatable bonds is 6. The molecule has 1 aliphatic heterocycles. The highest BCUT2D eigenvalue weighted by Gasteiger charge is 2.17. The number of aliphatic imine (C=N–C) groups is 1. The molecule has 1 unspecified atom stereocenters. The summed E-state index contributed by atoms with van der Waals surface area (Å²) in [6.45, 7) is 1.91. The first kappa shape index (κ1) is 21.5. The Morgan fingerprint density at radius 2 is 1.88 bits per heavy atom. The molecule has 0 bridgehead atoms. The van der Waals surface area contributed by atoms with Crippen LogP contribution in [0.1, 0.15) is 51.4 Å². The van der Waals surface area contributed by atoms with Gasteiger partial charge in [0, 0.05) is 33.3 Å². The molecule has 7 heteroatoms. The van der Waals surface area contributed by atoms with Crippen molar-refractivity contribution in [1.29, 1.82) is 0 Å². The highest BCUT2D eigenvalue weighted by Crippen LogP contribution is 2.17. The quantitative estimate of drug-likeness (QED) is 0.368. The van der Waals surface area contributed by atoms with E-state index < -0.39 is 0 Å². The molecule has 24 heavy (non-hydrogen) atoms. The van der Waals surface area contributed by atoms with Crippen LogP contribution in [0.4, 0.5) is 0 Å². The summed E-state index contributed by atoms with van der Waals surface area (Å²) in [7, 11) is 3.52. The van der Waals surface area contributed by atoms with Crippen molar-refractivity contribution in [1.82, 2.24) is 15.5 Å². The Kier molecular flexibility index (Phi) is 10.6. The first-order valence-corrected chi connectivity index (χ1v) is 9.02. The van der Waals surface area contributed by atoms with Crippen LogP contribution in [0, 0.1) is 0 Å². The Hall–Kier alpha value is -0.570. The molecule has 1 saturated carbocycles. The third-order valence-electron chi connectivity index (χ3n) is 4.60. The molecule has 1 aliphatic carbocycles. The molecule has 140 valence electrons. The molecule has 0 aromatic rings. The Morgan fingerprint density at radius 1 is 1.17 bits per heavy atom. The van der Waals surface area contributed by atoms with Crippen molar-refractivity contribution in [3.8, 4) is 0 Å². The summed E-state index contributed by atoms with van der Waals surface area (Å²) < 4.78 is 5.76. The lowest BCUT2D eigenvalue weighted by Gasteiger charge is -2.23. The summed E-state index contributed by atoms with van der Waals surface area (Å²) in [6, 6.07) is 0.488. The molecule has 1 saturated heterocycles. The third-order valence-corrected chi connectivity index (χ3v) is 4.60. The zero-order valence-corrected chi connectivity index (χ0v) is 17.4. The van der Waals surface area contributed by atoms with Crippen molar-refractivity contribution in [2.24, 2.45) is 4.99 Å². The second-order valence-corrected chi connectivity index (χ2v) is 6.78. The number of ether oxygens (including phenoxy) is 1. The van der Waals surface area contributed by atoms with Gasteiger partial charge in [0.2, 0.25) is 5.91 Å². The Bertz CT molecular complexity index is 392. The minimum absolute atomic E-state index is 0. The molecule has 6 nitrogen and oxygen atoms in total. The molecule has 2 rings (SSSR count). The Morgan fingerprint density at radius 3 is 2.50 bits per heavy atom. The number of amides is 1. The van der Waals surface area contributed by atoms with Crippen LogP contribution in [0.3, 0.4) is 0 Å². The maximum atomic E-state index is 11.7. The average Bonchev–Trinajstić information content (AvgIpc) is 3.06. The highest BCUT2D eigenvalue weighted by atomic mass is 127. The predicted octanol–water partition coefficient (Wildman–Crippen LogP) is 2.13. The average molecular weight is 452 g/mol.